The van der Waals surface area contributed by atoms with Crippen molar-refractivity contribution in [3.05, 3.63) is 125 Å². The SMILES string of the molecule is C[C@@H](CNC(=O)c1ccc(CSc2nc3ccncc3n2Cc2ccc(F)cc2)cc1)c1ccccc1. The van der Waals surface area contributed by atoms with Crippen molar-refractivity contribution in [3.8, 4) is 0 Å². The zero-order chi connectivity index (χ0) is 25.6. The first-order valence-corrected chi connectivity index (χ1v) is 13.1. The molecule has 7 heteroatoms. The number of benzene rings is 3. The number of aromatic nitrogens is 3. The van der Waals surface area contributed by atoms with Gasteiger partial charge < -0.3 is 9.88 Å². The quantitative estimate of drug-likeness (QED) is 0.232. The average Bonchev–Trinajstić information content (AvgIpc) is 3.29. The summed E-state index contributed by atoms with van der Waals surface area (Å²) in [6.07, 6.45) is 3.54. The van der Waals surface area contributed by atoms with E-state index in [9.17, 15) is 9.18 Å². The number of thioether (sulfide) groups is 1. The van der Waals surface area contributed by atoms with Gasteiger partial charge in [-0.25, -0.2) is 9.37 Å². The van der Waals surface area contributed by atoms with E-state index in [1.54, 1.807) is 30.1 Å². The molecule has 0 aliphatic carbocycles. The van der Waals surface area contributed by atoms with Gasteiger partial charge in [-0.05, 0) is 52.9 Å². The maximum Gasteiger partial charge on any atom is 0.251 e. The van der Waals surface area contributed by atoms with Crippen LogP contribution in [0, 0.1) is 5.82 Å². The molecule has 3 aromatic carbocycles. The van der Waals surface area contributed by atoms with Crippen molar-refractivity contribution < 1.29 is 9.18 Å². The van der Waals surface area contributed by atoms with Crippen LogP contribution in [0.5, 0.6) is 0 Å². The van der Waals surface area contributed by atoms with E-state index in [1.165, 1.54) is 17.7 Å². The lowest BCUT2D eigenvalue weighted by atomic mass is 10.0. The van der Waals surface area contributed by atoms with Gasteiger partial charge >= 0.3 is 0 Å². The van der Waals surface area contributed by atoms with Gasteiger partial charge in [-0.3, -0.25) is 9.78 Å². The van der Waals surface area contributed by atoms with Crippen molar-refractivity contribution in [3.63, 3.8) is 0 Å². The number of halogens is 1. The molecule has 0 bridgehead atoms. The lowest BCUT2D eigenvalue weighted by Crippen LogP contribution is -2.27. The fourth-order valence-electron chi connectivity index (χ4n) is 4.13. The third kappa shape index (κ3) is 6.06. The van der Waals surface area contributed by atoms with Gasteiger partial charge in [0.2, 0.25) is 0 Å². The topological polar surface area (TPSA) is 59.8 Å². The molecule has 37 heavy (non-hydrogen) atoms. The highest BCUT2D eigenvalue weighted by Gasteiger charge is 2.13. The molecular weight excluding hydrogens is 483 g/mol. The Bertz CT molecular complexity index is 1480. The second kappa shape index (κ2) is 11.4. The van der Waals surface area contributed by atoms with Crippen molar-refractivity contribution >= 4 is 28.7 Å². The summed E-state index contributed by atoms with van der Waals surface area (Å²) in [7, 11) is 0. The number of rotatable bonds is 9. The number of amides is 1. The Hall–Kier alpha value is -3.97. The van der Waals surface area contributed by atoms with Crippen LogP contribution in [0.4, 0.5) is 4.39 Å². The number of nitrogens with zero attached hydrogens (tertiary/aromatic N) is 3. The first kappa shape index (κ1) is 24.7. The predicted molar refractivity (Wildman–Crippen MR) is 146 cm³/mol. The second-order valence-electron chi connectivity index (χ2n) is 8.98. The van der Waals surface area contributed by atoms with Crippen LogP contribution < -0.4 is 5.32 Å². The highest BCUT2D eigenvalue weighted by atomic mass is 32.2. The Labute approximate surface area is 219 Å². The first-order chi connectivity index (χ1) is 18.1. The Morgan fingerprint density at radius 2 is 1.70 bits per heavy atom. The summed E-state index contributed by atoms with van der Waals surface area (Å²) in [6.45, 7) is 3.26. The van der Waals surface area contributed by atoms with Crippen LogP contribution in [0.15, 0.2) is 102 Å². The fraction of sp³-hybridized carbons (Fsp3) is 0.167. The zero-order valence-corrected chi connectivity index (χ0v) is 21.3. The molecule has 5 nitrogen and oxygen atoms in total. The summed E-state index contributed by atoms with van der Waals surface area (Å²) in [4.78, 5) is 21.7. The first-order valence-electron chi connectivity index (χ1n) is 12.2. The molecule has 0 unspecified atom stereocenters. The van der Waals surface area contributed by atoms with Crippen molar-refractivity contribution in [1.82, 2.24) is 19.9 Å². The highest BCUT2D eigenvalue weighted by molar-refractivity contribution is 7.98. The van der Waals surface area contributed by atoms with Gasteiger partial charge in [-0.1, -0.05) is 73.3 Å². The summed E-state index contributed by atoms with van der Waals surface area (Å²) in [5.74, 6) is 0.617. The van der Waals surface area contributed by atoms with E-state index < -0.39 is 0 Å². The second-order valence-corrected chi connectivity index (χ2v) is 9.92. The largest absolute Gasteiger partial charge is 0.351 e. The molecule has 0 saturated heterocycles. The molecule has 0 radical (unpaired) electrons. The third-order valence-electron chi connectivity index (χ3n) is 6.29. The Balaban J connectivity index is 1.23. The molecule has 0 saturated carbocycles. The van der Waals surface area contributed by atoms with Crippen LogP contribution in [0.25, 0.3) is 11.0 Å². The Kier molecular flexibility index (Phi) is 7.61. The maximum absolute atomic E-state index is 13.4. The van der Waals surface area contributed by atoms with Crippen molar-refractivity contribution in [2.24, 2.45) is 0 Å². The highest BCUT2D eigenvalue weighted by Crippen LogP contribution is 2.27. The molecule has 0 fully saturated rings. The van der Waals surface area contributed by atoms with Crippen LogP contribution in [0.2, 0.25) is 0 Å². The van der Waals surface area contributed by atoms with E-state index in [0.717, 1.165) is 27.3 Å². The Morgan fingerprint density at radius 1 is 0.973 bits per heavy atom. The van der Waals surface area contributed by atoms with Crippen LogP contribution in [0.3, 0.4) is 0 Å². The number of pyridine rings is 1. The maximum atomic E-state index is 13.4. The van der Waals surface area contributed by atoms with E-state index in [2.05, 4.69) is 33.9 Å². The van der Waals surface area contributed by atoms with Crippen LogP contribution >= 0.6 is 11.8 Å². The van der Waals surface area contributed by atoms with Gasteiger partial charge in [0.1, 0.15) is 5.82 Å². The molecule has 186 valence electrons. The number of fused-ring (bicyclic) bond motifs is 1. The number of carbonyl (C=O) groups excluding carboxylic acids is 1. The van der Waals surface area contributed by atoms with Gasteiger partial charge in [0.25, 0.3) is 5.91 Å². The van der Waals surface area contributed by atoms with Crippen LogP contribution in [-0.4, -0.2) is 27.0 Å². The minimum absolute atomic E-state index is 0.0735. The van der Waals surface area contributed by atoms with Gasteiger partial charge in [0.15, 0.2) is 5.16 Å². The molecule has 2 aromatic heterocycles. The number of hydrogen-bond acceptors (Lipinski definition) is 4. The monoisotopic (exact) mass is 510 g/mol. The molecule has 1 atom stereocenters. The standard InChI is InChI=1S/C30H27FN4OS/c1-21(24-5-3-2-4-6-24)17-33-29(36)25-11-7-23(8-12-25)20-37-30-34-27-15-16-32-18-28(27)35(30)19-22-9-13-26(31)14-10-22/h2-16,18,21H,17,19-20H2,1H3,(H,33,36)/t21-/m0/s1. The number of imidazole rings is 1. The summed E-state index contributed by atoms with van der Waals surface area (Å²) >= 11 is 1.62. The van der Waals surface area contributed by atoms with Gasteiger partial charge in [-0.2, -0.15) is 0 Å². The molecule has 1 N–H and O–H groups in total. The third-order valence-corrected chi connectivity index (χ3v) is 7.34. The van der Waals surface area contributed by atoms with Crippen molar-refractivity contribution in [1.29, 1.82) is 0 Å². The summed E-state index contributed by atoms with van der Waals surface area (Å²) in [5.41, 5.74) is 5.74. The molecule has 0 aliphatic heterocycles. The molecule has 0 spiro atoms. The number of hydrogen-bond donors (Lipinski definition) is 1. The minimum atomic E-state index is -0.252. The summed E-state index contributed by atoms with van der Waals surface area (Å²) < 4.78 is 15.5. The van der Waals surface area contributed by atoms with Gasteiger partial charge in [0.05, 0.1) is 23.8 Å². The van der Waals surface area contributed by atoms with E-state index in [4.69, 9.17) is 4.98 Å². The lowest BCUT2D eigenvalue weighted by Gasteiger charge is -2.13. The molecule has 2 heterocycles. The smallest absolute Gasteiger partial charge is 0.251 e. The minimum Gasteiger partial charge on any atom is -0.351 e. The molecular formula is C30H27FN4OS. The molecule has 1 amide bonds. The van der Waals surface area contributed by atoms with E-state index in [0.29, 0.717) is 24.4 Å². The molecule has 0 aliphatic rings. The number of nitrogens with one attached hydrogen (secondary N) is 1. The van der Waals surface area contributed by atoms with Crippen LogP contribution in [0.1, 0.15) is 39.9 Å². The lowest BCUT2D eigenvalue weighted by molar-refractivity contribution is 0.0951. The van der Waals surface area contributed by atoms with Crippen LogP contribution in [-0.2, 0) is 12.3 Å². The normalized spacial score (nSPS) is 11.9. The number of carbonyl (C=O) groups is 1. The van der Waals surface area contributed by atoms with Gasteiger partial charge in [-0.15, -0.1) is 0 Å². The van der Waals surface area contributed by atoms with E-state index >= 15 is 0 Å². The molecule has 5 rings (SSSR count). The zero-order valence-electron chi connectivity index (χ0n) is 20.5. The van der Waals surface area contributed by atoms with Gasteiger partial charge in [0, 0.05) is 24.1 Å². The van der Waals surface area contributed by atoms with E-state index in [1.807, 2.05) is 54.7 Å². The Morgan fingerprint density at radius 3 is 2.46 bits per heavy atom. The predicted octanol–water partition coefficient (Wildman–Crippen LogP) is 6.44. The van der Waals surface area contributed by atoms with E-state index in [-0.39, 0.29) is 17.6 Å². The fourth-order valence-corrected chi connectivity index (χ4v) is 5.10. The molecule has 5 aromatic rings. The van der Waals surface area contributed by atoms with Crippen molar-refractivity contribution in [2.75, 3.05) is 6.54 Å². The van der Waals surface area contributed by atoms with Crippen molar-refractivity contribution in [2.45, 2.75) is 30.3 Å². The average molecular weight is 511 g/mol. The summed E-state index contributed by atoms with van der Waals surface area (Å²) in [5, 5.41) is 3.90. The summed E-state index contributed by atoms with van der Waals surface area (Å²) in [6, 6.07) is 26.3.